The summed E-state index contributed by atoms with van der Waals surface area (Å²) >= 11 is 0. The molecule has 2 N–H and O–H groups in total. The van der Waals surface area contributed by atoms with E-state index >= 15 is 0 Å². The van der Waals surface area contributed by atoms with Crippen LogP contribution in [-0.2, 0) is 17.9 Å². The largest absolute Gasteiger partial charge is 0.350 e. The first-order chi connectivity index (χ1) is 11.1. The maximum atomic E-state index is 12.5. The molecule has 1 aromatic carbocycles. The van der Waals surface area contributed by atoms with Gasteiger partial charge < -0.3 is 10.6 Å². The van der Waals surface area contributed by atoms with E-state index in [0.29, 0.717) is 6.54 Å². The Bertz CT molecular complexity index is 768. The SMILES string of the molecule is CCn1c(=O)n(CC(=O)NC2CCCNC2C)c2ccccc21.Cl. The summed E-state index contributed by atoms with van der Waals surface area (Å²) in [6.45, 7) is 5.68. The molecule has 1 saturated heterocycles. The second-order valence-electron chi connectivity index (χ2n) is 6.16. The Morgan fingerprint density at radius 3 is 2.58 bits per heavy atom. The molecule has 2 unspecified atom stereocenters. The molecule has 1 aliphatic heterocycles. The smallest absolute Gasteiger partial charge is 0.329 e. The van der Waals surface area contributed by atoms with Crippen LogP contribution in [0.3, 0.4) is 0 Å². The van der Waals surface area contributed by atoms with Crippen molar-refractivity contribution in [2.75, 3.05) is 6.54 Å². The predicted octanol–water partition coefficient (Wildman–Crippen LogP) is 1.50. The van der Waals surface area contributed by atoms with Crippen LogP contribution in [0.1, 0.15) is 26.7 Å². The lowest BCUT2D eigenvalue weighted by Gasteiger charge is -2.30. The third-order valence-electron chi connectivity index (χ3n) is 4.65. The third-order valence-corrected chi connectivity index (χ3v) is 4.65. The van der Waals surface area contributed by atoms with Gasteiger partial charge in [0.2, 0.25) is 5.91 Å². The zero-order valence-corrected chi connectivity index (χ0v) is 14.9. The summed E-state index contributed by atoms with van der Waals surface area (Å²) in [6, 6.07) is 8.01. The van der Waals surface area contributed by atoms with Crippen LogP contribution in [-0.4, -0.2) is 33.7 Å². The molecule has 1 amide bonds. The Balaban J connectivity index is 0.00000208. The number of hydrogen-bond donors (Lipinski definition) is 2. The molecule has 7 heteroatoms. The fourth-order valence-electron chi connectivity index (χ4n) is 3.37. The summed E-state index contributed by atoms with van der Waals surface area (Å²) in [7, 11) is 0. The highest BCUT2D eigenvalue weighted by atomic mass is 35.5. The number of nitrogens with one attached hydrogen (secondary N) is 2. The first-order valence-corrected chi connectivity index (χ1v) is 8.32. The van der Waals surface area contributed by atoms with E-state index in [1.807, 2.05) is 31.2 Å². The minimum atomic E-state index is -0.126. The number of halogens is 1. The summed E-state index contributed by atoms with van der Waals surface area (Å²) in [5.41, 5.74) is 1.56. The molecular weight excluding hydrogens is 328 g/mol. The van der Waals surface area contributed by atoms with Gasteiger partial charge in [0.05, 0.1) is 11.0 Å². The van der Waals surface area contributed by atoms with Gasteiger partial charge in [0.15, 0.2) is 0 Å². The number of benzene rings is 1. The van der Waals surface area contributed by atoms with Crippen LogP contribution in [0.15, 0.2) is 29.1 Å². The standard InChI is InChI=1S/C17H24N4O2.ClH/c1-3-20-14-8-4-5-9-15(14)21(17(20)23)11-16(22)19-13-7-6-10-18-12(13)2;/h4-5,8-9,12-13,18H,3,6-7,10-11H2,1-2H3,(H,19,22);1H. The molecule has 6 nitrogen and oxygen atoms in total. The molecule has 2 aromatic rings. The van der Waals surface area contributed by atoms with Crippen LogP contribution < -0.4 is 16.3 Å². The zero-order valence-electron chi connectivity index (χ0n) is 14.1. The maximum Gasteiger partial charge on any atom is 0.329 e. The fourth-order valence-corrected chi connectivity index (χ4v) is 3.37. The van der Waals surface area contributed by atoms with E-state index in [0.717, 1.165) is 30.4 Å². The second kappa shape index (κ2) is 7.85. The van der Waals surface area contributed by atoms with Crippen molar-refractivity contribution in [3.8, 4) is 0 Å². The highest BCUT2D eigenvalue weighted by Gasteiger charge is 2.23. The molecule has 0 radical (unpaired) electrons. The number of piperidine rings is 1. The van der Waals surface area contributed by atoms with E-state index in [-0.39, 0.29) is 42.6 Å². The predicted molar refractivity (Wildman–Crippen MR) is 97.7 cm³/mol. The second-order valence-corrected chi connectivity index (χ2v) is 6.16. The molecule has 0 spiro atoms. The van der Waals surface area contributed by atoms with E-state index < -0.39 is 0 Å². The average Bonchev–Trinajstić information content (AvgIpc) is 2.81. The quantitative estimate of drug-likeness (QED) is 0.876. The van der Waals surface area contributed by atoms with Gasteiger partial charge in [0, 0.05) is 18.6 Å². The number of hydrogen-bond acceptors (Lipinski definition) is 3. The monoisotopic (exact) mass is 352 g/mol. The Morgan fingerprint density at radius 2 is 1.96 bits per heavy atom. The molecule has 3 rings (SSSR count). The van der Waals surface area contributed by atoms with Crippen molar-refractivity contribution < 1.29 is 4.79 Å². The molecule has 2 atom stereocenters. The number of carbonyl (C=O) groups excluding carboxylic acids is 1. The van der Waals surface area contributed by atoms with Gasteiger partial charge in [-0.2, -0.15) is 0 Å². The molecule has 132 valence electrons. The van der Waals surface area contributed by atoms with Crippen LogP contribution in [0, 0.1) is 0 Å². The van der Waals surface area contributed by atoms with Gasteiger partial charge in [-0.25, -0.2) is 4.79 Å². The van der Waals surface area contributed by atoms with Gasteiger partial charge >= 0.3 is 5.69 Å². The highest BCUT2D eigenvalue weighted by Crippen LogP contribution is 2.13. The number of carbonyl (C=O) groups is 1. The van der Waals surface area contributed by atoms with Crippen LogP contribution in [0.25, 0.3) is 11.0 Å². The lowest BCUT2D eigenvalue weighted by atomic mass is 10.00. The van der Waals surface area contributed by atoms with Crippen molar-refractivity contribution in [2.24, 2.45) is 0 Å². The first kappa shape index (κ1) is 18.5. The maximum absolute atomic E-state index is 12.5. The third kappa shape index (κ3) is 3.49. The number of aromatic nitrogens is 2. The number of nitrogens with zero attached hydrogens (tertiary/aromatic N) is 2. The van der Waals surface area contributed by atoms with Crippen molar-refractivity contribution in [1.29, 1.82) is 0 Å². The molecule has 1 aliphatic rings. The Labute approximate surface area is 147 Å². The average molecular weight is 353 g/mol. The van der Waals surface area contributed by atoms with Crippen LogP contribution in [0.4, 0.5) is 0 Å². The fraction of sp³-hybridized carbons (Fsp3) is 0.529. The number of aryl methyl sites for hydroxylation is 1. The van der Waals surface area contributed by atoms with E-state index in [9.17, 15) is 9.59 Å². The van der Waals surface area contributed by atoms with E-state index in [2.05, 4.69) is 17.6 Å². The number of fused-ring (bicyclic) bond motifs is 1. The number of para-hydroxylation sites is 2. The van der Waals surface area contributed by atoms with Gasteiger partial charge in [-0.1, -0.05) is 12.1 Å². The number of amides is 1. The van der Waals surface area contributed by atoms with Crippen LogP contribution >= 0.6 is 12.4 Å². The topological polar surface area (TPSA) is 68.1 Å². The van der Waals surface area contributed by atoms with Gasteiger partial charge in [0.1, 0.15) is 6.54 Å². The van der Waals surface area contributed by atoms with Crippen molar-refractivity contribution in [2.45, 2.75) is 51.9 Å². The van der Waals surface area contributed by atoms with Crippen LogP contribution in [0.5, 0.6) is 0 Å². The Morgan fingerprint density at radius 1 is 1.29 bits per heavy atom. The van der Waals surface area contributed by atoms with Gasteiger partial charge in [0.25, 0.3) is 0 Å². The lowest BCUT2D eigenvalue weighted by Crippen LogP contribution is -2.52. The Kier molecular flexibility index (Phi) is 6.07. The molecule has 1 fully saturated rings. The highest BCUT2D eigenvalue weighted by molar-refractivity contribution is 5.85. The summed E-state index contributed by atoms with van der Waals surface area (Å²) in [6.07, 6.45) is 2.04. The molecule has 2 heterocycles. The minimum Gasteiger partial charge on any atom is -0.350 e. The Hall–Kier alpha value is -1.79. The first-order valence-electron chi connectivity index (χ1n) is 8.32. The van der Waals surface area contributed by atoms with E-state index in [1.165, 1.54) is 0 Å². The molecular formula is C17H25ClN4O2. The lowest BCUT2D eigenvalue weighted by molar-refractivity contribution is -0.122. The van der Waals surface area contributed by atoms with Gasteiger partial charge in [-0.15, -0.1) is 12.4 Å². The van der Waals surface area contributed by atoms with Crippen molar-refractivity contribution >= 4 is 29.3 Å². The van der Waals surface area contributed by atoms with E-state index in [1.54, 1.807) is 9.13 Å². The minimum absolute atomic E-state index is 0. The summed E-state index contributed by atoms with van der Waals surface area (Å²) in [5.74, 6) is -0.105. The van der Waals surface area contributed by atoms with Crippen molar-refractivity contribution in [3.05, 3.63) is 34.7 Å². The molecule has 24 heavy (non-hydrogen) atoms. The number of imidazole rings is 1. The molecule has 0 bridgehead atoms. The van der Waals surface area contributed by atoms with E-state index in [4.69, 9.17) is 0 Å². The zero-order chi connectivity index (χ0) is 16.4. The number of rotatable bonds is 4. The summed E-state index contributed by atoms with van der Waals surface area (Å²) < 4.78 is 3.27. The molecule has 0 saturated carbocycles. The summed E-state index contributed by atoms with van der Waals surface area (Å²) in [4.78, 5) is 25.0. The normalized spacial score (nSPS) is 20.6. The van der Waals surface area contributed by atoms with Gasteiger partial charge in [-0.3, -0.25) is 13.9 Å². The molecule has 0 aliphatic carbocycles. The van der Waals surface area contributed by atoms with Gasteiger partial charge in [-0.05, 0) is 45.4 Å². The van der Waals surface area contributed by atoms with Crippen molar-refractivity contribution in [3.63, 3.8) is 0 Å². The summed E-state index contributed by atoms with van der Waals surface area (Å²) in [5, 5.41) is 6.43. The van der Waals surface area contributed by atoms with Crippen LogP contribution in [0.2, 0.25) is 0 Å². The van der Waals surface area contributed by atoms with Crippen molar-refractivity contribution in [1.82, 2.24) is 19.8 Å². The molecule has 1 aromatic heterocycles.